The van der Waals surface area contributed by atoms with E-state index in [2.05, 4.69) is 15.7 Å². The summed E-state index contributed by atoms with van der Waals surface area (Å²) in [6.45, 7) is 1.50. The lowest BCUT2D eigenvalue weighted by Crippen LogP contribution is -2.52. The molecule has 1 fully saturated rings. The van der Waals surface area contributed by atoms with Crippen LogP contribution < -0.4 is 16.4 Å². The molecule has 0 spiro atoms. The molecular formula is C17H20ClN5O3. The molecule has 1 aromatic carbocycles. The third-order valence-electron chi connectivity index (χ3n) is 4.85. The van der Waals surface area contributed by atoms with Crippen molar-refractivity contribution in [1.82, 2.24) is 19.7 Å². The van der Waals surface area contributed by atoms with Crippen LogP contribution in [0.2, 0.25) is 0 Å². The van der Waals surface area contributed by atoms with Gasteiger partial charge in [-0.1, -0.05) is 0 Å². The van der Waals surface area contributed by atoms with Crippen LogP contribution in [0.1, 0.15) is 12.8 Å². The number of fused-ring (bicyclic) bond motifs is 1. The fourth-order valence-corrected chi connectivity index (χ4v) is 3.38. The molecule has 0 radical (unpaired) electrons. The van der Waals surface area contributed by atoms with Crippen LogP contribution in [-0.4, -0.2) is 33.3 Å². The van der Waals surface area contributed by atoms with Gasteiger partial charge in [0.15, 0.2) is 5.58 Å². The summed E-state index contributed by atoms with van der Waals surface area (Å²) in [6, 6.07) is 7.03. The summed E-state index contributed by atoms with van der Waals surface area (Å²) in [5, 5.41) is 10.5. The quantitative estimate of drug-likeness (QED) is 0.720. The van der Waals surface area contributed by atoms with Gasteiger partial charge in [-0.25, -0.2) is 4.79 Å². The predicted molar refractivity (Wildman–Crippen MR) is 99.6 cm³/mol. The fraction of sp³-hybridized carbons (Fsp3) is 0.353. The number of anilines is 1. The topological polar surface area (TPSA) is 94.1 Å². The lowest BCUT2D eigenvalue weighted by atomic mass is 9.87. The van der Waals surface area contributed by atoms with Crippen molar-refractivity contribution in [3.8, 4) is 0 Å². The van der Waals surface area contributed by atoms with Crippen LogP contribution in [0.15, 0.2) is 45.9 Å². The highest BCUT2D eigenvalue weighted by molar-refractivity contribution is 5.98. The van der Waals surface area contributed by atoms with Crippen molar-refractivity contribution in [3.05, 3.63) is 47.2 Å². The van der Waals surface area contributed by atoms with Gasteiger partial charge in [-0.3, -0.25) is 14.0 Å². The minimum Gasteiger partial charge on any atom is -0.408 e. The van der Waals surface area contributed by atoms with Crippen LogP contribution in [0.5, 0.6) is 0 Å². The number of hydrogen-bond donors (Lipinski definition) is 2. The Bertz CT molecular complexity index is 970. The second-order valence-corrected chi connectivity index (χ2v) is 6.30. The first-order chi connectivity index (χ1) is 12.1. The van der Waals surface area contributed by atoms with E-state index < -0.39 is 11.3 Å². The van der Waals surface area contributed by atoms with Gasteiger partial charge < -0.3 is 15.1 Å². The van der Waals surface area contributed by atoms with Crippen LogP contribution in [0.25, 0.3) is 11.1 Å². The van der Waals surface area contributed by atoms with Gasteiger partial charge in [0.25, 0.3) is 5.91 Å². The molecule has 0 unspecified atom stereocenters. The Morgan fingerprint density at radius 2 is 2.12 bits per heavy atom. The van der Waals surface area contributed by atoms with E-state index in [0.29, 0.717) is 29.6 Å². The Hall–Kier alpha value is -2.58. The number of nitrogens with zero attached hydrogens (tertiary/aromatic N) is 3. The Kier molecular flexibility index (Phi) is 4.88. The van der Waals surface area contributed by atoms with Crippen LogP contribution in [-0.2, 0) is 17.4 Å². The molecule has 2 aromatic heterocycles. The first kappa shape index (κ1) is 18.2. The lowest BCUT2D eigenvalue weighted by Gasteiger charge is -2.36. The van der Waals surface area contributed by atoms with Crippen LogP contribution >= 0.6 is 12.4 Å². The third-order valence-corrected chi connectivity index (χ3v) is 4.85. The normalized spacial score (nSPS) is 16.2. The zero-order valence-corrected chi connectivity index (χ0v) is 15.1. The first-order valence-electron chi connectivity index (χ1n) is 8.22. The molecule has 3 aromatic rings. The zero-order valence-electron chi connectivity index (χ0n) is 14.3. The number of hydrogen-bond acceptors (Lipinski definition) is 5. The maximum absolute atomic E-state index is 13.1. The summed E-state index contributed by atoms with van der Waals surface area (Å²) in [5.41, 5.74) is 1.01. The molecule has 1 saturated heterocycles. The number of amides is 1. The van der Waals surface area contributed by atoms with Crippen LogP contribution in [0.4, 0.5) is 5.69 Å². The smallest absolute Gasteiger partial charge is 0.408 e. The highest BCUT2D eigenvalue weighted by Crippen LogP contribution is 2.29. The molecule has 0 saturated carbocycles. The number of oxazole rings is 1. The number of carbonyl (C=O) groups is 1. The number of halogens is 1. The Balaban J connectivity index is 0.00000196. The monoisotopic (exact) mass is 377 g/mol. The van der Waals surface area contributed by atoms with E-state index in [1.54, 1.807) is 36.1 Å². The van der Waals surface area contributed by atoms with Crippen molar-refractivity contribution in [2.75, 3.05) is 18.4 Å². The molecule has 0 atom stereocenters. The summed E-state index contributed by atoms with van der Waals surface area (Å²) >= 11 is 0. The van der Waals surface area contributed by atoms with E-state index in [1.807, 2.05) is 12.3 Å². The van der Waals surface area contributed by atoms with Crippen molar-refractivity contribution in [3.63, 3.8) is 0 Å². The Labute approximate surface area is 155 Å². The van der Waals surface area contributed by atoms with Gasteiger partial charge in [-0.05, 0) is 44.1 Å². The average molecular weight is 378 g/mol. The second kappa shape index (κ2) is 6.97. The summed E-state index contributed by atoms with van der Waals surface area (Å²) in [4.78, 5) is 24.7. The molecule has 2 N–H and O–H groups in total. The van der Waals surface area contributed by atoms with E-state index in [0.717, 1.165) is 13.1 Å². The lowest BCUT2D eigenvalue weighted by molar-refractivity contribution is -0.126. The summed E-state index contributed by atoms with van der Waals surface area (Å²) < 4.78 is 8.36. The second-order valence-electron chi connectivity index (χ2n) is 6.30. The molecule has 1 amide bonds. The van der Waals surface area contributed by atoms with Crippen molar-refractivity contribution in [2.45, 2.75) is 18.4 Å². The third kappa shape index (κ3) is 2.91. The zero-order chi connectivity index (χ0) is 17.4. The summed E-state index contributed by atoms with van der Waals surface area (Å²) in [6.07, 6.45) is 4.82. The number of carbonyl (C=O) groups excluding carboxylic acids is 1. The van der Waals surface area contributed by atoms with Crippen molar-refractivity contribution in [1.29, 1.82) is 0 Å². The van der Waals surface area contributed by atoms with Gasteiger partial charge in [-0.15, -0.1) is 12.4 Å². The maximum atomic E-state index is 13.1. The summed E-state index contributed by atoms with van der Waals surface area (Å²) in [7, 11) is 1.65. The van der Waals surface area contributed by atoms with Crippen LogP contribution in [0, 0.1) is 0 Å². The molecule has 0 bridgehead atoms. The van der Waals surface area contributed by atoms with Crippen molar-refractivity contribution < 1.29 is 9.21 Å². The molecule has 3 heterocycles. The largest absolute Gasteiger partial charge is 0.419 e. The van der Waals surface area contributed by atoms with Crippen LogP contribution in [0.3, 0.4) is 0 Å². The molecule has 8 nitrogen and oxygen atoms in total. The molecule has 4 rings (SSSR count). The van der Waals surface area contributed by atoms with Crippen molar-refractivity contribution in [2.24, 2.45) is 7.05 Å². The van der Waals surface area contributed by atoms with E-state index >= 15 is 0 Å². The first-order valence-corrected chi connectivity index (χ1v) is 8.22. The average Bonchev–Trinajstić information content (AvgIpc) is 3.25. The minimum absolute atomic E-state index is 0. The van der Waals surface area contributed by atoms with E-state index in [4.69, 9.17) is 4.42 Å². The molecule has 138 valence electrons. The van der Waals surface area contributed by atoms with Gasteiger partial charge in [0.2, 0.25) is 0 Å². The van der Waals surface area contributed by atoms with Gasteiger partial charge in [0, 0.05) is 31.2 Å². The standard InChI is InChI=1S/C17H19N5O3.ClH/c1-21-13-4-3-12(11-14(13)25-16(21)24)20-15(23)17(5-8-18-9-6-17)22-10-2-7-19-22;/h2-4,7,10-11,18H,5-6,8-9H2,1H3,(H,20,23);1H. The van der Waals surface area contributed by atoms with E-state index in [-0.39, 0.29) is 18.3 Å². The number of piperidine rings is 1. The summed E-state index contributed by atoms with van der Waals surface area (Å²) in [5.74, 6) is -0.542. The molecule has 0 aliphatic carbocycles. The predicted octanol–water partition coefficient (Wildman–Crippen LogP) is 1.47. The van der Waals surface area contributed by atoms with E-state index in [1.165, 1.54) is 4.57 Å². The molecule has 1 aliphatic heterocycles. The minimum atomic E-state index is -0.721. The van der Waals surface area contributed by atoms with Gasteiger partial charge >= 0.3 is 5.76 Å². The highest BCUT2D eigenvalue weighted by atomic mass is 35.5. The fourth-order valence-electron chi connectivity index (χ4n) is 3.38. The Morgan fingerprint density at radius 1 is 1.35 bits per heavy atom. The molecular weight excluding hydrogens is 358 g/mol. The SMILES string of the molecule is Cl.Cn1c(=O)oc2cc(NC(=O)C3(n4cccn4)CCNCC3)ccc21. The number of rotatable bonds is 3. The maximum Gasteiger partial charge on any atom is 0.419 e. The molecule has 26 heavy (non-hydrogen) atoms. The highest BCUT2D eigenvalue weighted by Gasteiger charge is 2.42. The number of aromatic nitrogens is 3. The number of nitrogens with one attached hydrogen (secondary N) is 2. The molecule has 1 aliphatic rings. The van der Waals surface area contributed by atoms with Gasteiger partial charge in [0.05, 0.1) is 5.52 Å². The Morgan fingerprint density at radius 3 is 2.81 bits per heavy atom. The number of benzene rings is 1. The van der Waals surface area contributed by atoms with E-state index in [9.17, 15) is 9.59 Å². The van der Waals surface area contributed by atoms with Gasteiger partial charge in [0.1, 0.15) is 5.54 Å². The van der Waals surface area contributed by atoms with Crippen molar-refractivity contribution >= 4 is 35.1 Å². The van der Waals surface area contributed by atoms with Gasteiger partial charge in [-0.2, -0.15) is 5.10 Å². The number of aryl methyl sites for hydroxylation is 1. The molecule has 9 heteroatoms.